The van der Waals surface area contributed by atoms with Gasteiger partial charge in [0.1, 0.15) is 4.83 Å². The highest BCUT2D eigenvalue weighted by atomic mass is 32.1. The number of fused-ring (bicyclic) bond motifs is 1. The standard InChI is InChI=1S/C20H29F3N4O3S/c1-11-14(10-24-25-19(2,3)4)31-17-15(11)16(28)27(12-8-13(9-12)30-5)18(29)26(17)7-6-20(21,22)23/h12-13,24-25H,6-10H2,1-5H3. The highest BCUT2D eigenvalue weighted by Crippen LogP contribution is 2.34. The number of ether oxygens (including phenoxy) is 1. The summed E-state index contributed by atoms with van der Waals surface area (Å²) in [5.74, 6) is 0. The zero-order chi connectivity index (χ0) is 23.1. The summed E-state index contributed by atoms with van der Waals surface area (Å²) in [4.78, 5) is 27.5. The maximum Gasteiger partial charge on any atom is 0.390 e. The number of hydrazine groups is 1. The molecule has 7 nitrogen and oxygen atoms in total. The lowest BCUT2D eigenvalue weighted by atomic mass is 9.89. The third-order valence-corrected chi connectivity index (χ3v) is 6.76. The molecule has 3 rings (SSSR count). The number of alkyl halides is 3. The fourth-order valence-corrected chi connectivity index (χ4v) is 4.92. The van der Waals surface area contributed by atoms with Crippen molar-refractivity contribution in [1.29, 1.82) is 0 Å². The summed E-state index contributed by atoms with van der Waals surface area (Å²) in [7, 11) is 1.56. The Hall–Kier alpha value is -1.69. The van der Waals surface area contributed by atoms with E-state index in [1.807, 2.05) is 20.8 Å². The van der Waals surface area contributed by atoms with Crippen LogP contribution in [0.1, 0.15) is 56.5 Å². The van der Waals surface area contributed by atoms with E-state index in [0.717, 1.165) is 14.0 Å². The molecule has 0 spiro atoms. The Morgan fingerprint density at radius 2 is 1.84 bits per heavy atom. The molecule has 1 aliphatic carbocycles. The molecule has 2 aromatic rings. The van der Waals surface area contributed by atoms with Crippen molar-refractivity contribution in [3.63, 3.8) is 0 Å². The average molecular weight is 463 g/mol. The minimum absolute atomic E-state index is 0.0533. The summed E-state index contributed by atoms with van der Waals surface area (Å²) < 4.78 is 46.3. The third kappa shape index (κ3) is 5.21. The van der Waals surface area contributed by atoms with Crippen LogP contribution in [0.25, 0.3) is 10.2 Å². The van der Waals surface area contributed by atoms with Crippen LogP contribution in [-0.2, 0) is 17.8 Å². The first-order chi connectivity index (χ1) is 14.3. The van der Waals surface area contributed by atoms with E-state index in [1.54, 1.807) is 14.0 Å². The van der Waals surface area contributed by atoms with Crippen molar-refractivity contribution in [2.75, 3.05) is 7.11 Å². The zero-order valence-electron chi connectivity index (χ0n) is 18.4. The fraction of sp³-hybridized carbons (Fsp3) is 0.700. The predicted molar refractivity (Wildman–Crippen MR) is 115 cm³/mol. The van der Waals surface area contributed by atoms with Gasteiger partial charge in [0.2, 0.25) is 0 Å². The highest BCUT2D eigenvalue weighted by Gasteiger charge is 2.35. The van der Waals surface area contributed by atoms with Gasteiger partial charge in [-0.25, -0.2) is 4.79 Å². The third-order valence-electron chi connectivity index (χ3n) is 5.44. The van der Waals surface area contributed by atoms with E-state index in [4.69, 9.17) is 4.74 Å². The molecular weight excluding hydrogens is 433 g/mol. The van der Waals surface area contributed by atoms with Gasteiger partial charge in [-0.05, 0) is 46.1 Å². The molecule has 0 aliphatic heterocycles. The van der Waals surface area contributed by atoms with Gasteiger partial charge in [-0.1, -0.05) is 0 Å². The molecular formula is C20H29F3N4O3S. The van der Waals surface area contributed by atoms with Gasteiger partial charge < -0.3 is 4.74 Å². The summed E-state index contributed by atoms with van der Waals surface area (Å²) in [5.41, 5.74) is 5.60. The number of nitrogens with one attached hydrogen (secondary N) is 2. The number of hydrogen-bond acceptors (Lipinski definition) is 6. The number of nitrogens with zero attached hydrogens (tertiary/aromatic N) is 2. The average Bonchev–Trinajstić information content (AvgIpc) is 2.91. The topological polar surface area (TPSA) is 77.3 Å². The lowest BCUT2D eigenvalue weighted by molar-refractivity contribution is -0.136. The molecule has 11 heteroatoms. The molecule has 31 heavy (non-hydrogen) atoms. The van der Waals surface area contributed by atoms with Gasteiger partial charge in [0.25, 0.3) is 5.56 Å². The highest BCUT2D eigenvalue weighted by molar-refractivity contribution is 7.18. The molecule has 2 heterocycles. The maximum atomic E-state index is 13.3. The molecule has 1 aliphatic rings. The Kier molecular flexibility index (Phi) is 6.71. The Balaban J connectivity index is 2.08. The van der Waals surface area contributed by atoms with Crippen molar-refractivity contribution in [2.24, 2.45) is 0 Å². The van der Waals surface area contributed by atoms with Crippen LogP contribution in [-0.4, -0.2) is 34.1 Å². The molecule has 1 saturated carbocycles. The fourth-order valence-electron chi connectivity index (χ4n) is 3.67. The summed E-state index contributed by atoms with van der Waals surface area (Å²) in [6.07, 6.45) is -4.62. The van der Waals surface area contributed by atoms with E-state index in [-0.39, 0.29) is 17.7 Å². The number of aromatic nitrogens is 2. The molecule has 0 amide bonds. The molecule has 2 aromatic heterocycles. The van der Waals surface area contributed by atoms with Crippen LogP contribution in [0.5, 0.6) is 0 Å². The van der Waals surface area contributed by atoms with Gasteiger partial charge >= 0.3 is 11.9 Å². The summed E-state index contributed by atoms with van der Waals surface area (Å²) >= 11 is 1.19. The number of rotatable bonds is 7. The van der Waals surface area contributed by atoms with E-state index in [2.05, 4.69) is 10.9 Å². The Morgan fingerprint density at radius 3 is 2.39 bits per heavy atom. The predicted octanol–water partition coefficient (Wildman–Crippen LogP) is 3.23. The van der Waals surface area contributed by atoms with Crippen molar-refractivity contribution in [3.8, 4) is 0 Å². The van der Waals surface area contributed by atoms with E-state index in [9.17, 15) is 22.8 Å². The monoisotopic (exact) mass is 462 g/mol. The molecule has 0 radical (unpaired) electrons. The number of methoxy groups -OCH3 is 1. The molecule has 2 N–H and O–H groups in total. The van der Waals surface area contributed by atoms with Crippen molar-refractivity contribution in [3.05, 3.63) is 31.3 Å². The van der Waals surface area contributed by atoms with E-state index >= 15 is 0 Å². The second-order valence-electron chi connectivity index (χ2n) is 9.02. The molecule has 0 bridgehead atoms. The number of aryl methyl sites for hydroxylation is 2. The summed E-state index contributed by atoms with van der Waals surface area (Å²) in [6.45, 7) is 7.58. The second kappa shape index (κ2) is 8.68. The lowest BCUT2D eigenvalue weighted by Gasteiger charge is -2.35. The first-order valence-electron chi connectivity index (χ1n) is 10.2. The first-order valence-corrected chi connectivity index (χ1v) is 11.0. The number of hydrogen-bond donors (Lipinski definition) is 2. The van der Waals surface area contributed by atoms with Crippen LogP contribution in [0.4, 0.5) is 13.2 Å². The van der Waals surface area contributed by atoms with Gasteiger partial charge in [-0.2, -0.15) is 13.2 Å². The Morgan fingerprint density at radius 1 is 1.19 bits per heavy atom. The van der Waals surface area contributed by atoms with Gasteiger partial charge in [0.05, 0.1) is 17.9 Å². The maximum absolute atomic E-state index is 13.3. The van der Waals surface area contributed by atoms with Crippen LogP contribution in [0.3, 0.4) is 0 Å². The van der Waals surface area contributed by atoms with Gasteiger partial charge in [-0.15, -0.1) is 11.3 Å². The smallest absolute Gasteiger partial charge is 0.381 e. The molecule has 0 unspecified atom stereocenters. The number of thiophene rings is 1. The minimum atomic E-state index is -4.41. The van der Waals surface area contributed by atoms with Crippen LogP contribution in [0.2, 0.25) is 0 Å². The molecule has 174 valence electrons. The van der Waals surface area contributed by atoms with Crippen molar-refractivity contribution < 1.29 is 17.9 Å². The van der Waals surface area contributed by atoms with E-state index < -0.39 is 30.4 Å². The van der Waals surface area contributed by atoms with Crippen LogP contribution >= 0.6 is 11.3 Å². The SMILES string of the molecule is COC1CC(n2c(=O)c3c(C)c(CNNC(C)(C)C)sc3n(CCC(F)(F)F)c2=O)C1. The van der Waals surface area contributed by atoms with Gasteiger partial charge in [-0.3, -0.25) is 24.8 Å². The van der Waals surface area contributed by atoms with E-state index in [1.165, 1.54) is 11.3 Å². The quantitative estimate of drug-likeness (QED) is 0.618. The van der Waals surface area contributed by atoms with Crippen LogP contribution in [0.15, 0.2) is 9.59 Å². The normalized spacial score (nSPS) is 19.7. The van der Waals surface area contributed by atoms with Gasteiger partial charge in [0, 0.05) is 36.7 Å². The molecule has 0 aromatic carbocycles. The van der Waals surface area contributed by atoms with Crippen LogP contribution < -0.4 is 22.1 Å². The van der Waals surface area contributed by atoms with Crippen molar-refractivity contribution >= 4 is 21.6 Å². The number of halogens is 3. The Bertz CT molecular complexity index is 1060. The molecule has 0 atom stereocenters. The minimum Gasteiger partial charge on any atom is -0.381 e. The largest absolute Gasteiger partial charge is 0.390 e. The molecule has 1 fully saturated rings. The van der Waals surface area contributed by atoms with E-state index in [0.29, 0.717) is 35.2 Å². The lowest BCUT2D eigenvalue weighted by Crippen LogP contribution is -2.47. The van der Waals surface area contributed by atoms with Gasteiger partial charge in [0.15, 0.2) is 0 Å². The summed E-state index contributed by atoms with van der Waals surface area (Å²) in [5, 5.41) is 0.320. The van der Waals surface area contributed by atoms with Crippen molar-refractivity contribution in [2.45, 2.75) is 83.9 Å². The second-order valence-corrected chi connectivity index (χ2v) is 10.1. The zero-order valence-corrected chi connectivity index (χ0v) is 19.2. The Labute approximate surface area is 182 Å². The molecule has 0 saturated heterocycles. The van der Waals surface area contributed by atoms with Crippen molar-refractivity contribution in [1.82, 2.24) is 20.0 Å². The first kappa shape index (κ1) is 24.0. The summed E-state index contributed by atoms with van der Waals surface area (Å²) in [6, 6.07) is -0.366. The van der Waals surface area contributed by atoms with Crippen LogP contribution in [0, 0.1) is 6.92 Å².